The molecule has 0 unspecified atom stereocenters. The van der Waals surface area contributed by atoms with Crippen LogP contribution in [-0.2, 0) is 0 Å². The van der Waals surface area contributed by atoms with E-state index in [-0.39, 0.29) is 5.91 Å². The molecule has 1 N–H and O–H groups in total. The fourth-order valence-electron chi connectivity index (χ4n) is 2.29. The van der Waals surface area contributed by atoms with Crippen LogP contribution in [0.4, 0.5) is 5.69 Å². The van der Waals surface area contributed by atoms with Crippen molar-refractivity contribution in [2.75, 3.05) is 11.9 Å². The zero-order valence-corrected chi connectivity index (χ0v) is 14.6. The molecular weight excluding hydrogens is 330 g/mol. The number of hydrogen-bond acceptors (Lipinski definition) is 5. The predicted octanol–water partition coefficient (Wildman–Crippen LogP) is 4.23. The van der Waals surface area contributed by atoms with Gasteiger partial charge in [0.25, 0.3) is 5.91 Å². The molecule has 0 atom stereocenters. The average Bonchev–Trinajstić information content (AvgIpc) is 2.65. The molecule has 0 aliphatic carbocycles. The standard InChI is InChI=1S/C20H19N3O3/c1-3-25-16-8-10-18(11-9-16)26-17-6-4-15(5-7-17)23-20(24)19-12-13-21-14(2)22-19/h4-13H,3H2,1-2H3,(H,23,24). The summed E-state index contributed by atoms with van der Waals surface area (Å²) >= 11 is 0. The van der Waals surface area contributed by atoms with E-state index >= 15 is 0 Å². The third-order valence-corrected chi connectivity index (χ3v) is 3.49. The summed E-state index contributed by atoms with van der Waals surface area (Å²) in [6.07, 6.45) is 1.56. The van der Waals surface area contributed by atoms with Crippen LogP contribution in [0.25, 0.3) is 0 Å². The number of nitrogens with zero attached hydrogens (tertiary/aromatic N) is 2. The third kappa shape index (κ3) is 4.57. The van der Waals surface area contributed by atoms with E-state index in [9.17, 15) is 4.79 Å². The van der Waals surface area contributed by atoms with Crippen LogP contribution in [0.1, 0.15) is 23.2 Å². The highest BCUT2D eigenvalue weighted by Gasteiger charge is 2.08. The molecule has 2 aromatic carbocycles. The molecule has 1 heterocycles. The molecule has 1 aromatic heterocycles. The van der Waals surface area contributed by atoms with Crippen LogP contribution in [0.15, 0.2) is 60.8 Å². The van der Waals surface area contributed by atoms with E-state index in [1.54, 1.807) is 43.5 Å². The molecule has 0 radical (unpaired) electrons. The van der Waals surface area contributed by atoms with Gasteiger partial charge in [0.2, 0.25) is 0 Å². The third-order valence-electron chi connectivity index (χ3n) is 3.49. The molecule has 0 fully saturated rings. The van der Waals surface area contributed by atoms with Gasteiger partial charge >= 0.3 is 0 Å². The van der Waals surface area contributed by atoms with E-state index in [0.717, 1.165) is 5.75 Å². The molecule has 1 amide bonds. The van der Waals surface area contributed by atoms with Crippen molar-refractivity contribution in [3.8, 4) is 17.2 Å². The van der Waals surface area contributed by atoms with Gasteiger partial charge in [-0.15, -0.1) is 0 Å². The van der Waals surface area contributed by atoms with Crippen molar-refractivity contribution >= 4 is 11.6 Å². The smallest absolute Gasteiger partial charge is 0.274 e. The summed E-state index contributed by atoms with van der Waals surface area (Å²) in [5, 5.41) is 2.80. The molecule has 26 heavy (non-hydrogen) atoms. The van der Waals surface area contributed by atoms with Crippen LogP contribution in [0.3, 0.4) is 0 Å². The van der Waals surface area contributed by atoms with Crippen molar-refractivity contribution in [2.24, 2.45) is 0 Å². The maximum Gasteiger partial charge on any atom is 0.274 e. The predicted molar refractivity (Wildman–Crippen MR) is 98.8 cm³/mol. The van der Waals surface area contributed by atoms with Gasteiger partial charge < -0.3 is 14.8 Å². The molecule has 132 valence electrons. The highest BCUT2D eigenvalue weighted by Crippen LogP contribution is 2.25. The van der Waals surface area contributed by atoms with Gasteiger partial charge in [0, 0.05) is 11.9 Å². The molecular formula is C20H19N3O3. The fraction of sp³-hybridized carbons (Fsp3) is 0.150. The number of ether oxygens (including phenoxy) is 2. The largest absolute Gasteiger partial charge is 0.494 e. The minimum atomic E-state index is -0.282. The summed E-state index contributed by atoms with van der Waals surface area (Å²) in [5.41, 5.74) is 0.984. The Hall–Kier alpha value is -3.41. The SMILES string of the molecule is CCOc1ccc(Oc2ccc(NC(=O)c3ccnc(C)n3)cc2)cc1. The Labute approximate surface area is 151 Å². The second-order valence-corrected chi connectivity index (χ2v) is 5.47. The van der Waals surface area contributed by atoms with Crippen molar-refractivity contribution in [3.05, 3.63) is 72.3 Å². The Morgan fingerprint density at radius 2 is 1.58 bits per heavy atom. The van der Waals surface area contributed by atoms with E-state index in [2.05, 4.69) is 15.3 Å². The summed E-state index contributed by atoms with van der Waals surface area (Å²) in [4.78, 5) is 20.3. The van der Waals surface area contributed by atoms with E-state index < -0.39 is 0 Å². The van der Waals surface area contributed by atoms with Crippen molar-refractivity contribution in [1.29, 1.82) is 0 Å². The summed E-state index contributed by atoms with van der Waals surface area (Å²) in [6, 6.07) is 16.1. The summed E-state index contributed by atoms with van der Waals surface area (Å²) in [5.74, 6) is 2.46. The van der Waals surface area contributed by atoms with Crippen LogP contribution < -0.4 is 14.8 Å². The van der Waals surface area contributed by atoms with Gasteiger partial charge in [-0.2, -0.15) is 0 Å². The lowest BCUT2D eigenvalue weighted by Crippen LogP contribution is -2.14. The number of amides is 1. The molecule has 3 rings (SSSR count). The number of carbonyl (C=O) groups is 1. The minimum Gasteiger partial charge on any atom is -0.494 e. The highest BCUT2D eigenvalue weighted by atomic mass is 16.5. The first-order valence-electron chi connectivity index (χ1n) is 8.26. The molecule has 0 saturated heterocycles. The van der Waals surface area contributed by atoms with Crippen LogP contribution in [0, 0.1) is 6.92 Å². The monoisotopic (exact) mass is 349 g/mol. The Bertz CT molecular complexity index is 878. The van der Waals surface area contributed by atoms with Crippen LogP contribution in [0.2, 0.25) is 0 Å². The van der Waals surface area contributed by atoms with Gasteiger partial charge in [-0.3, -0.25) is 4.79 Å². The molecule has 6 heteroatoms. The van der Waals surface area contributed by atoms with Crippen molar-refractivity contribution < 1.29 is 14.3 Å². The van der Waals surface area contributed by atoms with E-state index in [4.69, 9.17) is 9.47 Å². The zero-order chi connectivity index (χ0) is 18.4. The van der Waals surface area contributed by atoms with Gasteiger partial charge in [-0.25, -0.2) is 9.97 Å². The number of aromatic nitrogens is 2. The van der Waals surface area contributed by atoms with Crippen LogP contribution in [-0.4, -0.2) is 22.5 Å². The topological polar surface area (TPSA) is 73.3 Å². The number of carbonyl (C=O) groups excluding carboxylic acids is 1. The number of benzene rings is 2. The molecule has 0 aliphatic heterocycles. The second-order valence-electron chi connectivity index (χ2n) is 5.47. The second kappa shape index (κ2) is 8.11. The number of hydrogen-bond donors (Lipinski definition) is 1. The summed E-state index contributed by atoms with van der Waals surface area (Å²) < 4.78 is 11.2. The highest BCUT2D eigenvalue weighted by molar-refractivity contribution is 6.02. The number of rotatable bonds is 6. The lowest BCUT2D eigenvalue weighted by Gasteiger charge is -2.09. The normalized spacial score (nSPS) is 10.2. The first kappa shape index (κ1) is 17.4. The van der Waals surface area contributed by atoms with Gasteiger partial charge in [-0.1, -0.05) is 0 Å². The minimum absolute atomic E-state index is 0.282. The molecule has 0 saturated carbocycles. The van der Waals surface area contributed by atoms with Gasteiger partial charge in [-0.05, 0) is 68.4 Å². The maximum absolute atomic E-state index is 12.2. The van der Waals surface area contributed by atoms with Gasteiger partial charge in [0.05, 0.1) is 6.61 Å². The molecule has 6 nitrogen and oxygen atoms in total. The first-order valence-corrected chi connectivity index (χ1v) is 8.26. The molecule has 0 bridgehead atoms. The molecule has 0 aliphatic rings. The van der Waals surface area contributed by atoms with Crippen LogP contribution in [0.5, 0.6) is 17.2 Å². The van der Waals surface area contributed by atoms with Crippen molar-refractivity contribution in [2.45, 2.75) is 13.8 Å². The molecule has 0 spiro atoms. The zero-order valence-electron chi connectivity index (χ0n) is 14.6. The van der Waals surface area contributed by atoms with E-state index in [1.807, 2.05) is 31.2 Å². The lowest BCUT2D eigenvalue weighted by atomic mass is 10.2. The van der Waals surface area contributed by atoms with Crippen molar-refractivity contribution in [1.82, 2.24) is 9.97 Å². The van der Waals surface area contributed by atoms with Crippen molar-refractivity contribution in [3.63, 3.8) is 0 Å². The fourth-order valence-corrected chi connectivity index (χ4v) is 2.29. The number of nitrogens with one attached hydrogen (secondary N) is 1. The Morgan fingerprint density at radius 3 is 2.19 bits per heavy atom. The Kier molecular flexibility index (Phi) is 5.43. The van der Waals surface area contributed by atoms with Crippen LogP contribution >= 0.6 is 0 Å². The average molecular weight is 349 g/mol. The first-order chi connectivity index (χ1) is 12.6. The number of anilines is 1. The van der Waals surface area contributed by atoms with E-state index in [0.29, 0.717) is 35.3 Å². The quantitative estimate of drug-likeness (QED) is 0.721. The Balaban J connectivity index is 1.62. The van der Waals surface area contributed by atoms with Gasteiger partial charge in [0.1, 0.15) is 28.8 Å². The number of aryl methyl sites for hydroxylation is 1. The lowest BCUT2D eigenvalue weighted by molar-refractivity contribution is 0.102. The molecule has 3 aromatic rings. The Morgan fingerprint density at radius 1 is 0.962 bits per heavy atom. The summed E-state index contributed by atoms with van der Waals surface area (Å²) in [6.45, 7) is 4.31. The van der Waals surface area contributed by atoms with E-state index in [1.165, 1.54) is 0 Å². The summed E-state index contributed by atoms with van der Waals surface area (Å²) in [7, 11) is 0. The maximum atomic E-state index is 12.2. The van der Waals surface area contributed by atoms with Gasteiger partial charge in [0.15, 0.2) is 0 Å².